The molecule has 4 rings (SSSR count). The van der Waals surface area contributed by atoms with E-state index < -0.39 is 22.0 Å². The SMILES string of the molecule is NC(=O)c1sc2ncccc2c1C1CN(S(=O)(=O)C2CCCC2)CCO1. The molecule has 2 aromatic rings. The van der Waals surface area contributed by atoms with Crippen molar-refractivity contribution < 1.29 is 17.9 Å². The van der Waals surface area contributed by atoms with Crippen LogP contribution in [0.15, 0.2) is 18.3 Å². The van der Waals surface area contributed by atoms with Crippen LogP contribution in [-0.2, 0) is 14.8 Å². The average molecular weight is 396 g/mol. The summed E-state index contributed by atoms with van der Waals surface area (Å²) in [4.78, 5) is 17.3. The fraction of sp³-hybridized carbons (Fsp3) is 0.529. The number of nitrogens with two attached hydrogens (primary N) is 1. The van der Waals surface area contributed by atoms with Gasteiger partial charge in [0, 0.05) is 30.2 Å². The van der Waals surface area contributed by atoms with Crippen LogP contribution in [0, 0.1) is 0 Å². The van der Waals surface area contributed by atoms with Gasteiger partial charge in [-0.1, -0.05) is 18.9 Å². The van der Waals surface area contributed by atoms with E-state index in [0.29, 0.717) is 28.4 Å². The van der Waals surface area contributed by atoms with Gasteiger partial charge < -0.3 is 10.5 Å². The number of ether oxygens (including phenoxy) is 1. The highest BCUT2D eigenvalue weighted by molar-refractivity contribution is 7.89. The summed E-state index contributed by atoms with van der Waals surface area (Å²) in [6.07, 6.45) is 4.52. The number of rotatable bonds is 4. The molecule has 1 aliphatic carbocycles. The summed E-state index contributed by atoms with van der Waals surface area (Å²) in [5, 5.41) is 0.508. The van der Waals surface area contributed by atoms with Crippen LogP contribution in [0.4, 0.5) is 0 Å². The largest absolute Gasteiger partial charge is 0.371 e. The molecule has 1 unspecified atom stereocenters. The Morgan fingerprint density at radius 1 is 1.35 bits per heavy atom. The fourth-order valence-corrected chi connectivity index (χ4v) is 6.95. The standard InChI is InChI=1S/C17H21N3O4S2/c18-16(21)15-14(12-6-3-7-19-17(12)25-15)13-10-20(8-9-24-13)26(22,23)11-4-1-2-5-11/h3,6-7,11,13H,1-2,4-5,8-10H2,(H2,18,21). The fourth-order valence-electron chi connectivity index (χ4n) is 3.88. The third-order valence-corrected chi connectivity index (χ3v) is 8.67. The van der Waals surface area contributed by atoms with Crippen LogP contribution in [0.25, 0.3) is 10.2 Å². The summed E-state index contributed by atoms with van der Waals surface area (Å²) in [6, 6.07) is 3.66. The molecule has 9 heteroatoms. The summed E-state index contributed by atoms with van der Waals surface area (Å²) < 4.78 is 33.3. The van der Waals surface area contributed by atoms with Crippen LogP contribution >= 0.6 is 11.3 Å². The molecule has 1 saturated carbocycles. The molecule has 2 aliphatic rings. The Kier molecular flexibility index (Phi) is 4.72. The van der Waals surface area contributed by atoms with Crippen molar-refractivity contribution in [3.05, 3.63) is 28.8 Å². The maximum atomic E-state index is 13.0. The molecule has 2 aromatic heterocycles. The van der Waals surface area contributed by atoms with E-state index in [-0.39, 0.29) is 11.8 Å². The number of morpholine rings is 1. The Balaban J connectivity index is 1.69. The van der Waals surface area contributed by atoms with E-state index in [1.807, 2.05) is 6.07 Å². The molecule has 3 heterocycles. The maximum absolute atomic E-state index is 13.0. The number of pyridine rings is 1. The molecule has 1 atom stereocenters. The lowest BCUT2D eigenvalue weighted by Crippen LogP contribution is -2.45. The molecule has 2 fully saturated rings. The van der Waals surface area contributed by atoms with Gasteiger partial charge in [-0.15, -0.1) is 11.3 Å². The third kappa shape index (κ3) is 3.02. The predicted molar refractivity (Wildman–Crippen MR) is 99.6 cm³/mol. The van der Waals surface area contributed by atoms with Crippen LogP contribution in [0.5, 0.6) is 0 Å². The molecule has 140 valence electrons. The lowest BCUT2D eigenvalue weighted by molar-refractivity contribution is -0.00216. The van der Waals surface area contributed by atoms with E-state index in [2.05, 4.69) is 4.98 Å². The first kappa shape index (κ1) is 17.8. The number of aromatic nitrogens is 1. The highest BCUT2D eigenvalue weighted by atomic mass is 32.2. The zero-order valence-corrected chi connectivity index (χ0v) is 15.9. The normalized spacial score (nSPS) is 22.8. The zero-order chi connectivity index (χ0) is 18.3. The lowest BCUT2D eigenvalue weighted by atomic mass is 10.0. The van der Waals surface area contributed by atoms with Gasteiger partial charge in [-0.25, -0.2) is 13.4 Å². The molecule has 1 saturated heterocycles. The monoisotopic (exact) mass is 395 g/mol. The average Bonchev–Trinajstić information content (AvgIpc) is 3.30. The molecule has 0 radical (unpaired) electrons. The first-order valence-electron chi connectivity index (χ1n) is 8.76. The third-order valence-electron chi connectivity index (χ3n) is 5.16. The van der Waals surface area contributed by atoms with Crippen LogP contribution < -0.4 is 5.73 Å². The summed E-state index contributed by atoms with van der Waals surface area (Å²) in [6.45, 7) is 0.855. The van der Waals surface area contributed by atoms with Crippen molar-refractivity contribution in [3.63, 3.8) is 0 Å². The van der Waals surface area contributed by atoms with E-state index in [1.165, 1.54) is 15.6 Å². The second-order valence-corrected chi connectivity index (χ2v) is 9.95. The maximum Gasteiger partial charge on any atom is 0.259 e. The Labute approximate surface area is 156 Å². The summed E-state index contributed by atoms with van der Waals surface area (Å²) >= 11 is 1.23. The molecule has 1 aliphatic heterocycles. The highest BCUT2D eigenvalue weighted by Gasteiger charge is 2.38. The molecule has 1 amide bonds. The molecular weight excluding hydrogens is 374 g/mol. The second kappa shape index (κ2) is 6.88. The van der Waals surface area contributed by atoms with Gasteiger partial charge >= 0.3 is 0 Å². The topological polar surface area (TPSA) is 103 Å². The number of primary amides is 1. The zero-order valence-electron chi connectivity index (χ0n) is 14.3. The number of hydrogen-bond donors (Lipinski definition) is 1. The van der Waals surface area contributed by atoms with E-state index in [4.69, 9.17) is 10.5 Å². The first-order valence-corrected chi connectivity index (χ1v) is 11.1. The minimum absolute atomic E-state index is 0.208. The van der Waals surface area contributed by atoms with Crippen LogP contribution in [0.3, 0.4) is 0 Å². The second-order valence-electron chi connectivity index (χ2n) is 6.73. The van der Waals surface area contributed by atoms with Gasteiger partial charge in [-0.05, 0) is 18.9 Å². The van der Waals surface area contributed by atoms with Gasteiger partial charge in [0.05, 0.1) is 18.0 Å². The minimum atomic E-state index is -3.35. The molecular formula is C17H21N3O4S2. The lowest BCUT2D eigenvalue weighted by Gasteiger charge is -2.34. The number of carbonyl (C=O) groups is 1. The summed E-state index contributed by atoms with van der Waals surface area (Å²) in [5.74, 6) is -0.539. The van der Waals surface area contributed by atoms with Crippen molar-refractivity contribution in [2.45, 2.75) is 37.0 Å². The molecule has 0 bridgehead atoms. The first-order chi connectivity index (χ1) is 12.5. The number of carbonyl (C=O) groups excluding carboxylic acids is 1. The number of sulfonamides is 1. The van der Waals surface area contributed by atoms with E-state index in [1.54, 1.807) is 12.3 Å². The van der Waals surface area contributed by atoms with Gasteiger partial charge in [0.2, 0.25) is 10.0 Å². The van der Waals surface area contributed by atoms with Crippen molar-refractivity contribution in [3.8, 4) is 0 Å². The van der Waals surface area contributed by atoms with Gasteiger partial charge in [-0.2, -0.15) is 4.31 Å². The van der Waals surface area contributed by atoms with Crippen molar-refractivity contribution in [2.24, 2.45) is 5.73 Å². The van der Waals surface area contributed by atoms with Crippen molar-refractivity contribution in [2.75, 3.05) is 19.7 Å². The summed E-state index contributed by atoms with van der Waals surface area (Å²) in [7, 11) is -3.35. The number of fused-ring (bicyclic) bond motifs is 1. The molecule has 2 N–H and O–H groups in total. The Morgan fingerprint density at radius 3 is 2.85 bits per heavy atom. The molecule has 7 nitrogen and oxygen atoms in total. The van der Waals surface area contributed by atoms with Crippen LogP contribution in [0.1, 0.15) is 47.0 Å². The molecule has 0 spiro atoms. The van der Waals surface area contributed by atoms with E-state index in [9.17, 15) is 13.2 Å². The van der Waals surface area contributed by atoms with Crippen molar-refractivity contribution >= 4 is 37.5 Å². The Hall–Kier alpha value is -1.55. The highest BCUT2D eigenvalue weighted by Crippen LogP contribution is 2.38. The van der Waals surface area contributed by atoms with Gasteiger partial charge in [0.25, 0.3) is 5.91 Å². The van der Waals surface area contributed by atoms with E-state index >= 15 is 0 Å². The van der Waals surface area contributed by atoms with Crippen molar-refractivity contribution in [1.29, 1.82) is 0 Å². The van der Waals surface area contributed by atoms with Crippen LogP contribution in [0.2, 0.25) is 0 Å². The molecule has 26 heavy (non-hydrogen) atoms. The van der Waals surface area contributed by atoms with Gasteiger partial charge in [-0.3, -0.25) is 4.79 Å². The van der Waals surface area contributed by atoms with Gasteiger partial charge in [0.15, 0.2) is 0 Å². The van der Waals surface area contributed by atoms with Crippen LogP contribution in [-0.4, -0.2) is 48.6 Å². The number of nitrogens with zero attached hydrogens (tertiary/aromatic N) is 2. The smallest absolute Gasteiger partial charge is 0.259 e. The molecule has 0 aromatic carbocycles. The Morgan fingerprint density at radius 2 is 2.12 bits per heavy atom. The Bertz CT molecular complexity index is 935. The van der Waals surface area contributed by atoms with Gasteiger partial charge in [0.1, 0.15) is 9.71 Å². The minimum Gasteiger partial charge on any atom is -0.371 e. The summed E-state index contributed by atoms with van der Waals surface area (Å²) in [5.41, 5.74) is 6.23. The quantitative estimate of drug-likeness (QED) is 0.853. The number of hydrogen-bond acceptors (Lipinski definition) is 6. The predicted octanol–water partition coefficient (Wildman–Crippen LogP) is 2.04. The number of thiophene rings is 1. The number of amides is 1. The van der Waals surface area contributed by atoms with E-state index in [0.717, 1.165) is 31.1 Å². The van der Waals surface area contributed by atoms with Crippen molar-refractivity contribution in [1.82, 2.24) is 9.29 Å².